The van der Waals surface area contributed by atoms with E-state index in [2.05, 4.69) is 9.71 Å². The van der Waals surface area contributed by atoms with Crippen LogP contribution in [0.1, 0.15) is 0 Å². The Labute approximate surface area is 121 Å². The van der Waals surface area contributed by atoms with E-state index in [-0.39, 0.29) is 10.6 Å². The molecule has 0 spiro atoms. The van der Waals surface area contributed by atoms with E-state index in [1.807, 2.05) is 24.3 Å². The van der Waals surface area contributed by atoms with E-state index in [4.69, 9.17) is 0 Å². The van der Waals surface area contributed by atoms with Gasteiger partial charge in [0.25, 0.3) is 10.0 Å². The number of benzene rings is 2. The highest BCUT2D eigenvalue weighted by Crippen LogP contribution is 2.20. The van der Waals surface area contributed by atoms with Crippen molar-refractivity contribution in [3.8, 4) is 5.75 Å². The van der Waals surface area contributed by atoms with E-state index >= 15 is 0 Å². The Balaban J connectivity index is 1.95. The summed E-state index contributed by atoms with van der Waals surface area (Å²) in [5.74, 6) is 0.0151. The zero-order valence-electron chi connectivity index (χ0n) is 10.9. The van der Waals surface area contributed by atoms with Crippen LogP contribution in [0.25, 0.3) is 10.9 Å². The SMILES string of the molecule is O=S(=O)(Nc1cnc2ccccc2c1)c1ccc(O)cc1. The number of phenolic OH excluding ortho intramolecular Hbond substituents is 1. The molecule has 1 heterocycles. The van der Waals surface area contributed by atoms with E-state index in [0.717, 1.165) is 10.9 Å². The number of aromatic nitrogens is 1. The molecule has 106 valence electrons. The first-order valence-electron chi connectivity index (χ1n) is 6.21. The lowest BCUT2D eigenvalue weighted by atomic mass is 10.2. The minimum Gasteiger partial charge on any atom is -0.508 e. The number of para-hydroxylation sites is 1. The molecule has 0 atom stereocenters. The van der Waals surface area contributed by atoms with Gasteiger partial charge in [-0.1, -0.05) is 18.2 Å². The van der Waals surface area contributed by atoms with Crippen LogP contribution in [0, 0.1) is 0 Å². The zero-order chi connectivity index (χ0) is 14.9. The first kappa shape index (κ1) is 13.4. The molecule has 0 aliphatic carbocycles. The third kappa shape index (κ3) is 2.80. The monoisotopic (exact) mass is 300 g/mol. The minimum absolute atomic E-state index is 0.0151. The van der Waals surface area contributed by atoms with Crippen molar-refractivity contribution in [2.24, 2.45) is 0 Å². The molecule has 5 nitrogen and oxygen atoms in total. The summed E-state index contributed by atoms with van der Waals surface area (Å²) in [5.41, 5.74) is 1.19. The molecule has 0 amide bonds. The Kier molecular flexibility index (Phi) is 3.23. The molecular formula is C15H12N2O3S. The predicted molar refractivity (Wildman–Crippen MR) is 80.7 cm³/mol. The van der Waals surface area contributed by atoms with Gasteiger partial charge in [-0.05, 0) is 36.4 Å². The van der Waals surface area contributed by atoms with Gasteiger partial charge in [0.1, 0.15) is 5.75 Å². The van der Waals surface area contributed by atoms with Gasteiger partial charge >= 0.3 is 0 Å². The number of nitrogens with one attached hydrogen (secondary N) is 1. The number of aromatic hydroxyl groups is 1. The Morgan fingerprint density at radius 2 is 1.71 bits per heavy atom. The molecule has 2 N–H and O–H groups in total. The van der Waals surface area contributed by atoms with Crippen LogP contribution in [0.3, 0.4) is 0 Å². The minimum atomic E-state index is -3.70. The maximum atomic E-state index is 12.2. The van der Waals surface area contributed by atoms with Crippen LogP contribution in [-0.2, 0) is 10.0 Å². The van der Waals surface area contributed by atoms with Gasteiger partial charge in [0.05, 0.1) is 22.3 Å². The first-order valence-corrected chi connectivity index (χ1v) is 7.69. The molecule has 0 bridgehead atoms. The number of hydrogen-bond acceptors (Lipinski definition) is 4. The van der Waals surface area contributed by atoms with E-state index in [0.29, 0.717) is 5.69 Å². The molecule has 2 aromatic carbocycles. The number of phenols is 1. The lowest BCUT2D eigenvalue weighted by Crippen LogP contribution is -2.12. The van der Waals surface area contributed by atoms with Gasteiger partial charge in [-0.25, -0.2) is 8.42 Å². The van der Waals surface area contributed by atoms with Gasteiger partial charge < -0.3 is 5.11 Å². The Morgan fingerprint density at radius 3 is 2.48 bits per heavy atom. The van der Waals surface area contributed by atoms with Gasteiger partial charge in [-0.15, -0.1) is 0 Å². The maximum absolute atomic E-state index is 12.2. The van der Waals surface area contributed by atoms with Crippen LogP contribution in [0.4, 0.5) is 5.69 Å². The standard InChI is InChI=1S/C15H12N2O3S/c18-13-5-7-14(8-6-13)21(19,20)17-12-9-11-3-1-2-4-15(11)16-10-12/h1-10,17-18H. The number of rotatable bonds is 3. The van der Waals surface area contributed by atoms with Crippen molar-refractivity contribution in [3.05, 3.63) is 60.8 Å². The smallest absolute Gasteiger partial charge is 0.261 e. The lowest BCUT2D eigenvalue weighted by molar-refractivity contribution is 0.475. The number of pyridine rings is 1. The van der Waals surface area contributed by atoms with Crippen LogP contribution in [0.5, 0.6) is 5.75 Å². The summed E-state index contributed by atoms with van der Waals surface area (Å²) in [5, 5.41) is 10.1. The maximum Gasteiger partial charge on any atom is 0.261 e. The molecule has 3 aromatic rings. The molecule has 0 unspecified atom stereocenters. The molecule has 0 aliphatic rings. The van der Waals surface area contributed by atoms with Crippen molar-refractivity contribution in [3.63, 3.8) is 0 Å². The van der Waals surface area contributed by atoms with Crippen molar-refractivity contribution in [1.82, 2.24) is 4.98 Å². The summed E-state index contributed by atoms with van der Waals surface area (Å²) < 4.78 is 26.9. The van der Waals surface area contributed by atoms with Crippen LogP contribution >= 0.6 is 0 Å². The van der Waals surface area contributed by atoms with Crippen molar-refractivity contribution in [2.75, 3.05) is 4.72 Å². The Hall–Kier alpha value is -2.60. The molecule has 6 heteroatoms. The average Bonchev–Trinajstić information content (AvgIpc) is 2.47. The van der Waals surface area contributed by atoms with Crippen molar-refractivity contribution < 1.29 is 13.5 Å². The molecule has 0 saturated carbocycles. The van der Waals surface area contributed by atoms with Crippen LogP contribution in [0.15, 0.2) is 65.7 Å². The van der Waals surface area contributed by atoms with Crippen LogP contribution in [0.2, 0.25) is 0 Å². The molecule has 0 radical (unpaired) electrons. The van der Waals surface area contributed by atoms with E-state index in [1.54, 1.807) is 6.07 Å². The topological polar surface area (TPSA) is 79.3 Å². The quantitative estimate of drug-likeness (QED) is 0.779. The van der Waals surface area contributed by atoms with Crippen molar-refractivity contribution in [2.45, 2.75) is 4.90 Å². The van der Waals surface area contributed by atoms with Gasteiger partial charge in [0.15, 0.2) is 0 Å². The first-order chi connectivity index (χ1) is 10.0. The average molecular weight is 300 g/mol. The van der Waals surface area contributed by atoms with E-state index < -0.39 is 10.0 Å². The second-order valence-corrected chi connectivity index (χ2v) is 6.20. The molecule has 1 aromatic heterocycles. The fourth-order valence-electron chi connectivity index (χ4n) is 1.97. The number of sulfonamides is 1. The highest BCUT2D eigenvalue weighted by Gasteiger charge is 2.14. The summed E-state index contributed by atoms with van der Waals surface area (Å²) >= 11 is 0. The van der Waals surface area contributed by atoms with Gasteiger partial charge in [0.2, 0.25) is 0 Å². The number of anilines is 1. The third-order valence-electron chi connectivity index (χ3n) is 2.99. The highest BCUT2D eigenvalue weighted by molar-refractivity contribution is 7.92. The fraction of sp³-hybridized carbons (Fsp3) is 0. The number of hydrogen-bond donors (Lipinski definition) is 2. The molecule has 0 aliphatic heterocycles. The fourth-order valence-corrected chi connectivity index (χ4v) is 3.00. The largest absolute Gasteiger partial charge is 0.508 e. The molecule has 21 heavy (non-hydrogen) atoms. The van der Waals surface area contributed by atoms with Gasteiger partial charge in [-0.3, -0.25) is 9.71 Å². The zero-order valence-corrected chi connectivity index (χ0v) is 11.7. The summed E-state index contributed by atoms with van der Waals surface area (Å²) in [6.07, 6.45) is 1.47. The second kappa shape index (κ2) is 5.06. The Morgan fingerprint density at radius 1 is 1.00 bits per heavy atom. The summed E-state index contributed by atoms with van der Waals surface area (Å²) in [7, 11) is -3.70. The lowest BCUT2D eigenvalue weighted by Gasteiger charge is -2.08. The molecule has 0 fully saturated rings. The molecule has 0 saturated heterocycles. The summed E-state index contributed by atoms with van der Waals surface area (Å²) in [6.45, 7) is 0. The number of fused-ring (bicyclic) bond motifs is 1. The molecule has 3 rings (SSSR count). The van der Waals surface area contributed by atoms with E-state index in [9.17, 15) is 13.5 Å². The number of nitrogens with zero attached hydrogens (tertiary/aromatic N) is 1. The highest BCUT2D eigenvalue weighted by atomic mass is 32.2. The van der Waals surface area contributed by atoms with E-state index in [1.165, 1.54) is 30.5 Å². The summed E-state index contributed by atoms with van der Waals surface area (Å²) in [6, 6.07) is 14.5. The predicted octanol–water partition coefficient (Wildman–Crippen LogP) is 2.74. The summed E-state index contributed by atoms with van der Waals surface area (Å²) in [4.78, 5) is 4.28. The normalized spacial score (nSPS) is 11.4. The van der Waals surface area contributed by atoms with Gasteiger partial charge in [0, 0.05) is 5.39 Å². The van der Waals surface area contributed by atoms with Crippen molar-refractivity contribution in [1.29, 1.82) is 0 Å². The van der Waals surface area contributed by atoms with Crippen LogP contribution < -0.4 is 4.72 Å². The van der Waals surface area contributed by atoms with Crippen LogP contribution in [-0.4, -0.2) is 18.5 Å². The Bertz CT molecular complexity index is 890. The van der Waals surface area contributed by atoms with Gasteiger partial charge in [-0.2, -0.15) is 0 Å². The molecular weight excluding hydrogens is 288 g/mol. The second-order valence-electron chi connectivity index (χ2n) is 4.52. The third-order valence-corrected chi connectivity index (χ3v) is 4.39. The van der Waals surface area contributed by atoms with Crippen molar-refractivity contribution >= 4 is 26.6 Å².